The van der Waals surface area contributed by atoms with Gasteiger partial charge >= 0.3 is 0 Å². The number of fused-ring (bicyclic) bond motifs is 1. The third kappa shape index (κ3) is 3.20. The van der Waals surface area contributed by atoms with Crippen molar-refractivity contribution >= 4 is 25.5 Å². The first-order valence-electron chi connectivity index (χ1n) is 9.20. The van der Waals surface area contributed by atoms with E-state index in [0.29, 0.717) is 30.4 Å². The molecule has 0 saturated carbocycles. The fourth-order valence-corrected chi connectivity index (χ4v) is 6.45. The Bertz CT molecular complexity index is 912. The van der Waals surface area contributed by atoms with E-state index < -0.39 is 9.05 Å². The second-order valence-corrected chi connectivity index (χ2v) is 9.89. The molecule has 142 valence electrons. The Hall–Kier alpha value is -1.33. The average Bonchev–Trinajstić information content (AvgIpc) is 3.02. The maximum atomic E-state index is 12.3. The normalized spacial score (nSPS) is 20.4. The molecule has 0 bridgehead atoms. The van der Waals surface area contributed by atoms with Gasteiger partial charge in [0, 0.05) is 29.1 Å². The number of allylic oxidation sites excluding steroid dienone is 2. The molecule has 0 heterocycles. The van der Waals surface area contributed by atoms with Gasteiger partial charge in [-0.05, 0) is 79.7 Å². The number of ketones is 1. The largest absolute Gasteiger partial charge is 0.512 e. The van der Waals surface area contributed by atoms with Gasteiger partial charge < -0.3 is 5.11 Å². The molecule has 2 aliphatic rings. The van der Waals surface area contributed by atoms with Gasteiger partial charge in [-0.3, -0.25) is 4.79 Å². The van der Waals surface area contributed by atoms with E-state index in [-0.39, 0.29) is 22.4 Å². The van der Waals surface area contributed by atoms with Crippen LogP contribution in [0, 0.1) is 13.8 Å². The summed E-state index contributed by atoms with van der Waals surface area (Å²) in [5, 5.41) is 10.4. The Balaban J connectivity index is 2.13. The van der Waals surface area contributed by atoms with E-state index in [0.717, 1.165) is 47.9 Å². The molecule has 4 nitrogen and oxygen atoms in total. The van der Waals surface area contributed by atoms with Crippen molar-refractivity contribution in [1.29, 1.82) is 0 Å². The van der Waals surface area contributed by atoms with Gasteiger partial charge in [0.1, 0.15) is 0 Å². The summed E-state index contributed by atoms with van der Waals surface area (Å²) >= 11 is 0. The highest BCUT2D eigenvalue weighted by Crippen LogP contribution is 2.45. The fourth-order valence-electron chi connectivity index (χ4n) is 4.82. The van der Waals surface area contributed by atoms with Crippen molar-refractivity contribution in [3.05, 3.63) is 39.1 Å². The number of aliphatic hydroxyl groups excluding tert-OH is 1. The molecule has 1 N–H and O–H groups in total. The molecule has 1 aromatic rings. The maximum absolute atomic E-state index is 12.3. The highest BCUT2D eigenvalue weighted by atomic mass is 35.7. The lowest BCUT2D eigenvalue weighted by atomic mass is 9.77. The summed E-state index contributed by atoms with van der Waals surface area (Å²) in [4.78, 5) is 12.2. The predicted octanol–water partition coefficient (Wildman–Crippen LogP) is 4.78. The van der Waals surface area contributed by atoms with Crippen LogP contribution in [0.1, 0.15) is 72.8 Å². The number of rotatable bonds is 4. The average molecular weight is 397 g/mol. The van der Waals surface area contributed by atoms with Crippen LogP contribution in [0.3, 0.4) is 0 Å². The summed E-state index contributed by atoms with van der Waals surface area (Å²) in [5.74, 6) is 0.154. The molecule has 6 heteroatoms. The molecule has 0 spiro atoms. The van der Waals surface area contributed by atoms with Gasteiger partial charge in [0.25, 0.3) is 9.05 Å². The number of Topliss-reactive ketones (excluding diaryl/α,β-unsaturated/α-hetero) is 1. The molecule has 0 saturated heterocycles. The number of benzene rings is 1. The zero-order valence-electron chi connectivity index (χ0n) is 15.5. The third-order valence-corrected chi connectivity index (χ3v) is 7.44. The summed E-state index contributed by atoms with van der Waals surface area (Å²) < 4.78 is 24.5. The van der Waals surface area contributed by atoms with Crippen molar-refractivity contribution < 1.29 is 18.3 Å². The quantitative estimate of drug-likeness (QED) is 0.743. The van der Waals surface area contributed by atoms with E-state index >= 15 is 0 Å². The molecule has 0 amide bonds. The van der Waals surface area contributed by atoms with Gasteiger partial charge in [0.2, 0.25) is 0 Å². The van der Waals surface area contributed by atoms with Crippen LogP contribution < -0.4 is 0 Å². The predicted molar refractivity (Wildman–Crippen MR) is 103 cm³/mol. The van der Waals surface area contributed by atoms with Gasteiger partial charge in [-0.25, -0.2) is 8.42 Å². The zero-order chi connectivity index (χ0) is 19.2. The van der Waals surface area contributed by atoms with Crippen molar-refractivity contribution in [2.75, 3.05) is 0 Å². The number of hydrogen-bond acceptors (Lipinski definition) is 4. The number of aliphatic hydroxyl groups is 1. The molecule has 0 aliphatic heterocycles. The second kappa shape index (κ2) is 7.01. The van der Waals surface area contributed by atoms with E-state index in [9.17, 15) is 18.3 Å². The first-order chi connectivity index (χ1) is 12.2. The standard InChI is InChI=1S/C20H25ClO4S/c1-4-17(22)16-9-8-13(10-18(16)23)19-11(2)14-6-5-7-15(14)20(12(19)3)26(21,24)25/h13,23H,4-10H2,1-3H3. The minimum absolute atomic E-state index is 0.00599. The SMILES string of the molecule is CCC(=O)C1=C(O)CC(c2c(C)c3c(c(S(=O)(=O)Cl)c2C)CCC3)CC1. The fraction of sp³-hybridized carbons (Fsp3) is 0.550. The molecular formula is C20H25ClO4S. The Morgan fingerprint density at radius 1 is 1.15 bits per heavy atom. The lowest BCUT2D eigenvalue weighted by Gasteiger charge is -2.29. The second-order valence-electron chi connectivity index (χ2n) is 7.38. The van der Waals surface area contributed by atoms with Crippen LogP contribution in [0.15, 0.2) is 16.2 Å². The van der Waals surface area contributed by atoms with Crippen molar-refractivity contribution in [3.63, 3.8) is 0 Å². The van der Waals surface area contributed by atoms with Crippen LogP contribution in [0.2, 0.25) is 0 Å². The molecule has 3 rings (SSSR count). The first-order valence-corrected chi connectivity index (χ1v) is 11.5. The Morgan fingerprint density at radius 3 is 2.38 bits per heavy atom. The van der Waals surface area contributed by atoms with Crippen LogP contribution in [-0.4, -0.2) is 19.3 Å². The molecule has 1 aromatic carbocycles. The van der Waals surface area contributed by atoms with Crippen LogP contribution in [0.4, 0.5) is 0 Å². The van der Waals surface area contributed by atoms with Gasteiger partial charge in [-0.2, -0.15) is 0 Å². The molecule has 0 aromatic heterocycles. The minimum Gasteiger partial charge on any atom is -0.512 e. The summed E-state index contributed by atoms with van der Waals surface area (Å²) in [6.45, 7) is 5.66. The van der Waals surface area contributed by atoms with Gasteiger partial charge in [0.05, 0.1) is 10.7 Å². The maximum Gasteiger partial charge on any atom is 0.261 e. The highest BCUT2D eigenvalue weighted by Gasteiger charge is 2.33. The van der Waals surface area contributed by atoms with Crippen LogP contribution in [0.5, 0.6) is 0 Å². The van der Waals surface area contributed by atoms with Crippen molar-refractivity contribution in [2.45, 2.75) is 76.5 Å². The van der Waals surface area contributed by atoms with E-state index in [1.54, 1.807) is 6.92 Å². The lowest BCUT2D eigenvalue weighted by Crippen LogP contribution is -2.18. The van der Waals surface area contributed by atoms with E-state index in [1.165, 1.54) is 0 Å². The molecule has 26 heavy (non-hydrogen) atoms. The molecule has 1 unspecified atom stereocenters. The van der Waals surface area contributed by atoms with E-state index in [2.05, 4.69) is 0 Å². The van der Waals surface area contributed by atoms with Crippen molar-refractivity contribution in [1.82, 2.24) is 0 Å². The number of halogens is 1. The topological polar surface area (TPSA) is 71.4 Å². The summed E-state index contributed by atoms with van der Waals surface area (Å²) in [7, 11) is 1.96. The van der Waals surface area contributed by atoms with E-state index in [4.69, 9.17) is 10.7 Å². The monoisotopic (exact) mass is 396 g/mol. The van der Waals surface area contributed by atoms with Crippen molar-refractivity contribution in [3.8, 4) is 0 Å². The summed E-state index contributed by atoms with van der Waals surface area (Å²) in [6, 6.07) is 0. The Labute approximate surface area is 159 Å². The summed E-state index contributed by atoms with van der Waals surface area (Å²) in [5.41, 5.74) is 5.33. The van der Waals surface area contributed by atoms with Gasteiger partial charge in [-0.1, -0.05) is 6.92 Å². The Morgan fingerprint density at radius 2 is 1.81 bits per heavy atom. The molecule has 0 fully saturated rings. The highest BCUT2D eigenvalue weighted by molar-refractivity contribution is 8.13. The first kappa shape index (κ1) is 19.4. The van der Waals surface area contributed by atoms with Gasteiger partial charge in [0.15, 0.2) is 5.78 Å². The number of carbonyl (C=O) groups is 1. The smallest absolute Gasteiger partial charge is 0.261 e. The number of hydrogen-bond donors (Lipinski definition) is 1. The van der Waals surface area contributed by atoms with Crippen molar-refractivity contribution in [2.24, 2.45) is 0 Å². The minimum atomic E-state index is -3.83. The van der Waals surface area contributed by atoms with Gasteiger partial charge in [-0.15, -0.1) is 0 Å². The lowest BCUT2D eigenvalue weighted by molar-refractivity contribution is -0.115. The zero-order valence-corrected chi connectivity index (χ0v) is 17.1. The summed E-state index contributed by atoms with van der Waals surface area (Å²) in [6.07, 6.45) is 4.56. The van der Waals surface area contributed by atoms with E-state index in [1.807, 2.05) is 13.8 Å². The van der Waals surface area contributed by atoms with Crippen LogP contribution in [0.25, 0.3) is 0 Å². The molecular weight excluding hydrogens is 372 g/mol. The number of carbonyl (C=O) groups excluding carboxylic acids is 1. The molecule has 2 aliphatic carbocycles. The Kier molecular flexibility index (Phi) is 5.24. The van der Waals surface area contributed by atoms with Crippen LogP contribution >= 0.6 is 10.7 Å². The molecule has 1 atom stereocenters. The van der Waals surface area contributed by atoms with Crippen LogP contribution in [-0.2, 0) is 26.7 Å². The molecule has 0 radical (unpaired) electrons. The third-order valence-electron chi connectivity index (χ3n) is 5.93.